The smallest absolute Gasteiger partial charge is 0.227 e. The number of aryl methyl sites for hydroxylation is 2. The molecule has 0 N–H and O–H groups in total. The molecule has 33 heavy (non-hydrogen) atoms. The van der Waals surface area contributed by atoms with E-state index in [1.807, 2.05) is 18.2 Å². The van der Waals surface area contributed by atoms with E-state index >= 15 is 0 Å². The van der Waals surface area contributed by atoms with Gasteiger partial charge in [0.15, 0.2) is 0 Å². The van der Waals surface area contributed by atoms with Crippen molar-refractivity contribution in [3.05, 3.63) is 94.1 Å². The number of hydrogen-bond acceptors (Lipinski definition) is 2. The van der Waals surface area contributed by atoms with Crippen molar-refractivity contribution in [3.63, 3.8) is 0 Å². The highest BCUT2D eigenvalue weighted by Crippen LogP contribution is 2.35. The molecule has 1 aliphatic rings. The third-order valence-electron chi connectivity index (χ3n) is 7.16. The Hall–Kier alpha value is -3.47. The van der Waals surface area contributed by atoms with Crippen LogP contribution in [-0.4, -0.2) is 22.0 Å². The number of aromatic nitrogens is 2. The van der Waals surface area contributed by atoms with Crippen LogP contribution in [0.3, 0.4) is 0 Å². The molecule has 5 heteroatoms. The first kappa shape index (κ1) is 21.4. The molecule has 4 aromatic rings. The first-order valence-corrected chi connectivity index (χ1v) is 11.4. The molecule has 1 aliphatic heterocycles. The lowest BCUT2D eigenvalue weighted by Crippen LogP contribution is -2.25. The summed E-state index contributed by atoms with van der Waals surface area (Å²) in [5.74, 6) is 0.348. The number of carbonyl (C=O) groups excluding carboxylic acids is 1. The van der Waals surface area contributed by atoms with Crippen LogP contribution in [0.5, 0.6) is 0 Å². The van der Waals surface area contributed by atoms with Crippen LogP contribution in [0.25, 0.3) is 11.0 Å². The van der Waals surface area contributed by atoms with Crippen LogP contribution in [-0.2, 0) is 11.3 Å². The van der Waals surface area contributed by atoms with Gasteiger partial charge in [0.1, 0.15) is 11.6 Å². The Labute approximate surface area is 193 Å². The van der Waals surface area contributed by atoms with Gasteiger partial charge >= 0.3 is 0 Å². The zero-order valence-corrected chi connectivity index (χ0v) is 19.5. The number of rotatable bonds is 4. The van der Waals surface area contributed by atoms with Crippen molar-refractivity contribution in [1.29, 1.82) is 0 Å². The summed E-state index contributed by atoms with van der Waals surface area (Å²) in [5, 5.41) is 0. The van der Waals surface area contributed by atoms with Gasteiger partial charge in [0.25, 0.3) is 0 Å². The largest absolute Gasteiger partial charge is 0.323 e. The number of nitrogens with zero attached hydrogens (tertiary/aromatic N) is 3. The van der Waals surface area contributed by atoms with Crippen LogP contribution in [0.2, 0.25) is 0 Å². The van der Waals surface area contributed by atoms with E-state index in [0.717, 1.165) is 16.9 Å². The quantitative estimate of drug-likeness (QED) is 0.391. The standard InChI is InChI=1S/C28H28FN3O/c1-17-13-18(2)20(4)22(19(17)3)16-32-26-12-8-6-10-24(26)30-28(32)21-14-27(33)31(15-21)25-11-7-5-9-23(25)29/h5-13,21H,14-16H2,1-4H3. The van der Waals surface area contributed by atoms with E-state index in [9.17, 15) is 9.18 Å². The molecule has 1 aromatic heterocycles. The Balaban J connectivity index is 1.59. The van der Waals surface area contributed by atoms with E-state index in [2.05, 4.69) is 44.4 Å². The fourth-order valence-corrected chi connectivity index (χ4v) is 5.05. The molecule has 1 atom stereocenters. The van der Waals surface area contributed by atoms with Crippen molar-refractivity contribution in [2.45, 2.75) is 46.6 Å². The van der Waals surface area contributed by atoms with Crippen molar-refractivity contribution in [2.75, 3.05) is 11.4 Å². The minimum atomic E-state index is -0.374. The van der Waals surface area contributed by atoms with Crippen molar-refractivity contribution in [3.8, 4) is 0 Å². The maximum atomic E-state index is 14.4. The van der Waals surface area contributed by atoms with Crippen molar-refractivity contribution >= 4 is 22.6 Å². The molecule has 168 valence electrons. The zero-order valence-electron chi connectivity index (χ0n) is 19.5. The average Bonchev–Trinajstić information content (AvgIpc) is 3.36. The second-order valence-corrected chi connectivity index (χ2v) is 9.14. The molecular weight excluding hydrogens is 413 g/mol. The van der Waals surface area contributed by atoms with Crippen LogP contribution in [0.4, 0.5) is 10.1 Å². The van der Waals surface area contributed by atoms with E-state index in [1.54, 1.807) is 23.1 Å². The Bertz CT molecular complexity index is 1360. The monoisotopic (exact) mass is 441 g/mol. The second kappa shape index (κ2) is 8.14. The van der Waals surface area contributed by atoms with Gasteiger partial charge in [-0.3, -0.25) is 4.79 Å². The molecule has 0 saturated carbocycles. The number of amides is 1. The topological polar surface area (TPSA) is 38.1 Å². The van der Waals surface area contributed by atoms with Crippen molar-refractivity contribution < 1.29 is 9.18 Å². The Morgan fingerprint density at radius 3 is 2.36 bits per heavy atom. The fourth-order valence-electron chi connectivity index (χ4n) is 5.05. The van der Waals surface area contributed by atoms with Crippen LogP contribution < -0.4 is 4.90 Å². The van der Waals surface area contributed by atoms with Crippen molar-refractivity contribution in [2.24, 2.45) is 0 Å². The molecule has 0 radical (unpaired) electrons. The average molecular weight is 442 g/mol. The number of anilines is 1. The molecule has 4 nitrogen and oxygen atoms in total. The number of halogens is 1. The maximum Gasteiger partial charge on any atom is 0.227 e. The van der Waals surface area contributed by atoms with Gasteiger partial charge in [-0.2, -0.15) is 0 Å². The molecule has 1 amide bonds. The summed E-state index contributed by atoms with van der Waals surface area (Å²) in [7, 11) is 0. The van der Waals surface area contributed by atoms with Gasteiger partial charge in [0, 0.05) is 25.4 Å². The summed E-state index contributed by atoms with van der Waals surface area (Å²) < 4.78 is 16.7. The minimum Gasteiger partial charge on any atom is -0.323 e. The summed E-state index contributed by atoms with van der Waals surface area (Å²) in [5.41, 5.74) is 8.75. The van der Waals surface area contributed by atoms with Crippen LogP contribution in [0, 0.1) is 33.5 Å². The van der Waals surface area contributed by atoms with E-state index in [0.29, 0.717) is 25.2 Å². The lowest BCUT2D eigenvalue weighted by molar-refractivity contribution is -0.117. The molecule has 1 fully saturated rings. The maximum absolute atomic E-state index is 14.4. The van der Waals surface area contributed by atoms with Crippen LogP contribution in [0.1, 0.15) is 46.0 Å². The number of carbonyl (C=O) groups is 1. The third-order valence-corrected chi connectivity index (χ3v) is 7.16. The number of fused-ring (bicyclic) bond motifs is 1. The van der Waals surface area contributed by atoms with Crippen molar-refractivity contribution in [1.82, 2.24) is 9.55 Å². The number of imidazole rings is 1. The van der Waals surface area contributed by atoms with E-state index < -0.39 is 0 Å². The molecule has 0 bridgehead atoms. The lowest BCUT2D eigenvalue weighted by atomic mass is 9.94. The Kier molecular flexibility index (Phi) is 5.28. The fraction of sp³-hybridized carbons (Fsp3) is 0.286. The molecule has 2 heterocycles. The highest BCUT2D eigenvalue weighted by atomic mass is 19.1. The summed E-state index contributed by atoms with van der Waals surface area (Å²) in [6.07, 6.45) is 0.322. The zero-order chi connectivity index (χ0) is 23.3. The molecule has 3 aromatic carbocycles. The molecule has 1 saturated heterocycles. The molecule has 5 rings (SSSR count). The predicted octanol–water partition coefficient (Wildman–Crippen LogP) is 5.98. The van der Waals surface area contributed by atoms with Gasteiger partial charge in [-0.15, -0.1) is 0 Å². The summed E-state index contributed by atoms with van der Waals surface area (Å²) >= 11 is 0. The van der Waals surface area contributed by atoms with Gasteiger partial charge in [-0.1, -0.05) is 30.3 Å². The number of para-hydroxylation sites is 3. The van der Waals surface area contributed by atoms with E-state index in [-0.39, 0.29) is 17.6 Å². The highest BCUT2D eigenvalue weighted by molar-refractivity contribution is 5.96. The van der Waals surface area contributed by atoms with Crippen LogP contribution >= 0.6 is 0 Å². The Morgan fingerprint density at radius 2 is 1.64 bits per heavy atom. The molecule has 0 spiro atoms. The first-order valence-electron chi connectivity index (χ1n) is 11.4. The first-order chi connectivity index (χ1) is 15.8. The molecule has 0 aliphatic carbocycles. The van der Waals surface area contributed by atoms with Gasteiger partial charge in [-0.25, -0.2) is 9.37 Å². The normalized spacial score (nSPS) is 16.2. The summed E-state index contributed by atoms with van der Waals surface area (Å²) in [4.78, 5) is 19.5. The highest BCUT2D eigenvalue weighted by Gasteiger charge is 2.36. The van der Waals surface area contributed by atoms with E-state index in [1.165, 1.54) is 33.9 Å². The Morgan fingerprint density at radius 1 is 0.970 bits per heavy atom. The summed E-state index contributed by atoms with van der Waals surface area (Å²) in [6, 6.07) is 16.8. The summed E-state index contributed by atoms with van der Waals surface area (Å²) in [6.45, 7) is 9.78. The van der Waals surface area contributed by atoms with Gasteiger partial charge < -0.3 is 9.47 Å². The predicted molar refractivity (Wildman–Crippen MR) is 130 cm³/mol. The van der Waals surface area contributed by atoms with E-state index in [4.69, 9.17) is 4.98 Å². The van der Waals surface area contributed by atoms with Gasteiger partial charge in [-0.05, 0) is 79.8 Å². The second-order valence-electron chi connectivity index (χ2n) is 9.14. The van der Waals surface area contributed by atoms with Gasteiger partial charge in [0.2, 0.25) is 5.91 Å². The SMILES string of the molecule is Cc1cc(C)c(C)c(Cn2c(C3CC(=O)N(c4ccccc4F)C3)nc3ccccc32)c1C. The van der Waals surface area contributed by atoms with Gasteiger partial charge in [0.05, 0.1) is 16.7 Å². The third kappa shape index (κ3) is 3.62. The van der Waals surface area contributed by atoms with Crippen LogP contribution in [0.15, 0.2) is 54.6 Å². The molecule has 1 unspecified atom stereocenters. The molecular formula is C28H28FN3O. The number of hydrogen-bond donors (Lipinski definition) is 0. The number of benzene rings is 3. The minimum absolute atomic E-state index is 0.0672. The lowest BCUT2D eigenvalue weighted by Gasteiger charge is -2.20.